The van der Waals surface area contributed by atoms with Crippen LogP contribution in [-0.2, 0) is 9.84 Å². The van der Waals surface area contributed by atoms with Gasteiger partial charge in [-0.1, -0.05) is 42.5 Å². The summed E-state index contributed by atoms with van der Waals surface area (Å²) in [4.78, 5) is 0. The first-order chi connectivity index (χ1) is 10.5. The van der Waals surface area contributed by atoms with Crippen LogP contribution in [0.2, 0.25) is 0 Å². The summed E-state index contributed by atoms with van der Waals surface area (Å²) in [5, 5.41) is 3.32. The summed E-state index contributed by atoms with van der Waals surface area (Å²) in [6, 6.07) is 16.0. The molecule has 0 fully saturated rings. The van der Waals surface area contributed by atoms with E-state index in [-0.39, 0.29) is 17.6 Å². The average molecular weight is 321 g/mol. The number of rotatable bonds is 7. The van der Waals surface area contributed by atoms with E-state index in [1.54, 1.807) is 6.07 Å². The number of halogens is 1. The first-order valence-electron chi connectivity index (χ1n) is 7.17. The van der Waals surface area contributed by atoms with Crippen molar-refractivity contribution in [2.75, 3.05) is 18.6 Å². The van der Waals surface area contributed by atoms with Gasteiger partial charge in [0.05, 0.1) is 11.8 Å². The molecule has 0 aliphatic rings. The van der Waals surface area contributed by atoms with Crippen molar-refractivity contribution >= 4 is 9.84 Å². The highest BCUT2D eigenvalue weighted by Gasteiger charge is 2.14. The molecule has 2 rings (SSSR count). The highest BCUT2D eigenvalue weighted by Crippen LogP contribution is 2.22. The normalized spacial score (nSPS) is 13.0. The Morgan fingerprint density at radius 2 is 1.73 bits per heavy atom. The fraction of sp³-hybridized carbons (Fsp3) is 0.294. The number of nitrogens with one attached hydrogen (secondary N) is 1. The summed E-state index contributed by atoms with van der Waals surface area (Å²) >= 11 is 0. The van der Waals surface area contributed by atoms with Crippen molar-refractivity contribution in [2.45, 2.75) is 12.5 Å². The molecule has 0 saturated carbocycles. The molecule has 0 bridgehead atoms. The Morgan fingerprint density at radius 1 is 1.05 bits per heavy atom. The third-order valence-electron chi connectivity index (χ3n) is 3.36. The molecule has 3 nitrogen and oxygen atoms in total. The predicted octanol–water partition coefficient (Wildman–Crippen LogP) is 2.94. The van der Waals surface area contributed by atoms with Gasteiger partial charge in [0.25, 0.3) is 0 Å². The van der Waals surface area contributed by atoms with Gasteiger partial charge in [-0.25, -0.2) is 12.8 Å². The van der Waals surface area contributed by atoms with Crippen LogP contribution >= 0.6 is 0 Å². The summed E-state index contributed by atoms with van der Waals surface area (Å²) < 4.78 is 35.8. The van der Waals surface area contributed by atoms with Crippen molar-refractivity contribution in [1.29, 1.82) is 0 Å². The van der Waals surface area contributed by atoms with E-state index in [9.17, 15) is 12.8 Å². The molecule has 2 aromatic rings. The van der Waals surface area contributed by atoms with Crippen molar-refractivity contribution in [3.8, 4) is 0 Å². The van der Waals surface area contributed by atoms with Crippen LogP contribution in [0.4, 0.5) is 4.39 Å². The van der Waals surface area contributed by atoms with Gasteiger partial charge >= 0.3 is 0 Å². The van der Waals surface area contributed by atoms with E-state index in [0.29, 0.717) is 13.0 Å². The second-order valence-electron chi connectivity index (χ2n) is 5.34. The van der Waals surface area contributed by atoms with Crippen molar-refractivity contribution in [3.05, 3.63) is 71.5 Å². The molecule has 0 radical (unpaired) electrons. The monoisotopic (exact) mass is 321 g/mol. The highest BCUT2D eigenvalue weighted by atomic mass is 32.2. The van der Waals surface area contributed by atoms with E-state index in [0.717, 1.165) is 11.1 Å². The van der Waals surface area contributed by atoms with Crippen LogP contribution in [0.3, 0.4) is 0 Å². The van der Waals surface area contributed by atoms with E-state index in [1.165, 1.54) is 18.4 Å². The van der Waals surface area contributed by atoms with Gasteiger partial charge in [-0.15, -0.1) is 0 Å². The van der Waals surface area contributed by atoms with Crippen LogP contribution in [-0.4, -0.2) is 27.0 Å². The lowest BCUT2D eigenvalue weighted by Crippen LogP contribution is -2.25. The Balaban J connectivity index is 2.13. The molecule has 0 amide bonds. The van der Waals surface area contributed by atoms with Gasteiger partial charge in [0.1, 0.15) is 15.7 Å². The van der Waals surface area contributed by atoms with Crippen LogP contribution in [0.25, 0.3) is 0 Å². The Labute approximate surface area is 131 Å². The van der Waals surface area contributed by atoms with Gasteiger partial charge < -0.3 is 5.32 Å². The highest BCUT2D eigenvalue weighted by molar-refractivity contribution is 7.90. The lowest BCUT2D eigenvalue weighted by atomic mass is 9.98. The van der Waals surface area contributed by atoms with Gasteiger partial charge in [-0.2, -0.15) is 0 Å². The molecule has 0 aliphatic heterocycles. The molecule has 0 aliphatic carbocycles. The zero-order valence-corrected chi connectivity index (χ0v) is 13.3. The average Bonchev–Trinajstić information content (AvgIpc) is 2.47. The maximum absolute atomic E-state index is 13.5. The summed E-state index contributed by atoms with van der Waals surface area (Å²) in [6.07, 6.45) is 1.76. The van der Waals surface area contributed by atoms with Crippen LogP contribution in [0.1, 0.15) is 23.6 Å². The van der Waals surface area contributed by atoms with Crippen LogP contribution < -0.4 is 5.32 Å². The quantitative estimate of drug-likeness (QED) is 0.798. The SMILES string of the molecule is CS(=O)(=O)CCCN[C@H](c1ccccc1)c1cccc(F)c1. The molecule has 0 unspecified atom stereocenters. The molecule has 0 saturated heterocycles. The van der Waals surface area contributed by atoms with Gasteiger partial charge in [0.2, 0.25) is 0 Å². The fourth-order valence-corrected chi connectivity index (χ4v) is 3.01. The number of hydrogen-bond acceptors (Lipinski definition) is 3. The van der Waals surface area contributed by atoms with Gasteiger partial charge in [-0.3, -0.25) is 0 Å². The third kappa shape index (κ3) is 5.24. The number of benzene rings is 2. The Morgan fingerprint density at radius 3 is 2.36 bits per heavy atom. The van der Waals surface area contributed by atoms with E-state index in [2.05, 4.69) is 5.32 Å². The standard InChI is InChI=1S/C17H20FNO2S/c1-22(20,21)12-6-11-19-17(14-7-3-2-4-8-14)15-9-5-10-16(18)13-15/h2-5,7-10,13,17,19H,6,11-12H2,1H3/t17-/m1/s1. The molecule has 2 aromatic carbocycles. The van der Waals surface area contributed by atoms with Gasteiger partial charge in [0.15, 0.2) is 0 Å². The minimum atomic E-state index is -2.96. The van der Waals surface area contributed by atoms with E-state index >= 15 is 0 Å². The van der Waals surface area contributed by atoms with E-state index in [1.807, 2.05) is 36.4 Å². The minimum Gasteiger partial charge on any atom is -0.306 e. The molecule has 22 heavy (non-hydrogen) atoms. The Bertz CT molecular complexity index is 702. The molecule has 0 heterocycles. The van der Waals surface area contributed by atoms with Crippen molar-refractivity contribution < 1.29 is 12.8 Å². The van der Waals surface area contributed by atoms with Crippen molar-refractivity contribution in [3.63, 3.8) is 0 Å². The number of hydrogen-bond donors (Lipinski definition) is 1. The minimum absolute atomic E-state index is 0.144. The lowest BCUT2D eigenvalue weighted by molar-refractivity contribution is 0.574. The van der Waals surface area contributed by atoms with Crippen molar-refractivity contribution in [1.82, 2.24) is 5.32 Å². The number of sulfone groups is 1. The summed E-state index contributed by atoms with van der Waals surface area (Å²) in [5.74, 6) is -0.138. The van der Waals surface area contributed by atoms with Crippen LogP contribution in [0.5, 0.6) is 0 Å². The molecule has 1 N–H and O–H groups in total. The van der Waals surface area contributed by atoms with E-state index in [4.69, 9.17) is 0 Å². The Hall–Kier alpha value is -1.72. The van der Waals surface area contributed by atoms with Crippen molar-refractivity contribution in [2.24, 2.45) is 0 Å². The molecule has 118 valence electrons. The van der Waals surface area contributed by atoms with E-state index < -0.39 is 9.84 Å². The third-order valence-corrected chi connectivity index (χ3v) is 4.39. The smallest absolute Gasteiger partial charge is 0.147 e. The maximum atomic E-state index is 13.5. The predicted molar refractivity (Wildman–Crippen MR) is 87.0 cm³/mol. The molecule has 0 aromatic heterocycles. The fourth-order valence-electron chi connectivity index (χ4n) is 2.34. The molecular weight excluding hydrogens is 301 g/mol. The zero-order chi connectivity index (χ0) is 16.0. The summed E-state index contributed by atoms with van der Waals surface area (Å²) in [5.41, 5.74) is 1.85. The second kappa shape index (κ2) is 7.51. The zero-order valence-electron chi connectivity index (χ0n) is 12.5. The second-order valence-corrected chi connectivity index (χ2v) is 7.60. The summed E-state index contributed by atoms with van der Waals surface area (Å²) in [7, 11) is -2.96. The molecule has 5 heteroatoms. The molecular formula is C17H20FNO2S. The first kappa shape index (κ1) is 16.6. The van der Waals surface area contributed by atoms with Gasteiger partial charge in [0, 0.05) is 6.26 Å². The molecule has 1 atom stereocenters. The largest absolute Gasteiger partial charge is 0.306 e. The summed E-state index contributed by atoms with van der Waals surface area (Å²) in [6.45, 7) is 0.545. The molecule has 0 spiro atoms. The topological polar surface area (TPSA) is 46.2 Å². The van der Waals surface area contributed by atoms with Crippen LogP contribution in [0, 0.1) is 5.82 Å². The lowest BCUT2D eigenvalue weighted by Gasteiger charge is -2.20. The first-order valence-corrected chi connectivity index (χ1v) is 9.23. The Kier molecular flexibility index (Phi) is 5.69. The van der Waals surface area contributed by atoms with Crippen LogP contribution in [0.15, 0.2) is 54.6 Å². The van der Waals surface area contributed by atoms with Gasteiger partial charge in [-0.05, 0) is 36.2 Å². The maximum Gasteiger partial charge on any atom is 0.147 e.